The minimum absolute atomic E-state index is 0.0275. The maximum atomic E-state index is 13.3. The number of amides is 1. The average molecular weight is 685 g/mol. The lowest BCUT2D eigenvalue weighted by Crippen LogP contribution is -2.40. The minimum atomic E-state index is -1.79. The zero-order valence-corrected chi connectivity index (χ0v) is 32.5. The number of hydrogen-bond acceptors (Lipinski definition) is 6. The van der Waals surface area contributed by atoms with Gasteiger partial charge in [-0.1, -0.05) is 84.0 Å². The van der Waals surface area contributed by atoms with Gasteiger partial charge in [0.15, 0.2) is 8.32 Å². The van der Waals surface area contributed by atoms with Gasteiger partial charge in [-0.3, -0.25) is 4.79 Å². The molecule has 2 aromatic carbocycles. The van der Waals surface area contributed by atoms with Crippen LogP contribution in [0.15, 0.2) is 66.7 Å². The van der Waals surface area contributed by atoms with E-state index in [4.69, 9.17) is 23.6 Å². The largest absolute Gasteiger partial charge is 0.497 e. The molecule has 49 heavy (non-hydrogen) atoms. The number of likely N-dealkylation sites (tertiary alicyclic amines) is 1. The number of hydrogen-bond donors (Lipinski definition) is 0. The minimum Gasteiger partial charge on any atom is -0.497 e. The van der Waals surface area contributed by atoms with E-state index in [-0.39, 0.29) is 22.4 Å². The maximum Gasteiger partial charge on any atom is 0.223 e. The zero-order chi connectivity index (χ0) is 36.0. The Kier molecular flexibility index (Phi) is 12.2. The molecule has 2 heterocycles. The maximum absolute atomic E-state index is 13.3. The van der Waals surface area contributed by atoms with E-state index < -0.39 is 8.32 Å². The van der Waals surface area contributed by atoms with Gasteiger partial charge >= 0.3 is 0 Å². The molecule has 1 fully saturated rings. The monoisotopic (exact) mass is 684 g/mol. The van der Waals surface area contributed by atoms with Gasteiger partial charge in [-0.05, 0) is 71.8 Å². The van der Waals surface area contributed by atoms with Gasteiger partial charge in [0.1, 0.15) is 11.5 Å². The Balaban J connectivity index is 1.67. The summed E-state index contributed by atoms with van der Waals surface area (Å²) in [7, 11) is 3.14. The molecule has 4 rings (SSSR count). The van der Waals surface area contributed by atoms with Crippen LogP contribution in [0.1, 0.15) is 88.8 Å². The van der Waals surface area contributed by atoms with Gasteiger partial charge in [-0.2, -0.15) is 0 Å². The summed E-state index contributed by atoms with van der Waals surface area (Å²) in [6, 6.07) is 18.4. The SMILES string of the molecule is COc1ccc(CN2C(=O)CC[C@@H]2/C=C(\c2ccc(C(C)(C)C)cc2)c2ccc(/C=C/CCO[Si](C)(C)C(C)(C)C)c(OC)n2)c(OC)c1. The van der Waals surface area contributed by atoms with Crippen molar-refractivity contribution in [2.24, 2.45) is 0 Å². The normalized spacial score (nSPS) is 16.1. The Morgan fingerprint density at radius 3 is 2.27 bits per heavy atom. The Morgan fingerprint density at radius 2 is 1.65 bits per heavy atom. The van der Waals surface area contributed by atoms with E-state index in [1.807, 2.05) is 29.2 Å². The van der Waals surface area contributed by atoms with Gasteiger partial charge in [0.05, 0.1) is 33.1 Å². The highest BCUT2D eigenvalue weighted by atomic mass is 28.4. The fourth-order valence-corrected chi connectivity index (χ4v) is 6.73. The lowest BCUT2D eigenvalue weighted by molar-refractivity contribution is -0.129. The molecule has 3 aromatic rings. The first kappa shape index (κ1) is 37.9. The van der Waals surface area contributed by atoms with Crippen LogP contribution in [-0.2, 0) is 21.2 Å². The van der Waals surface area contributed by atoms with Crippen LogP contribution in [0.5, 0.6) is 17.4 Å². The second-order valence-corrected chi connectivity index (χ2v) is 20.1. The lowest BCUT2D eigenvalue weighted by Gasteiger charge is -2.36. The fourth-order valence-electron chi connectivity index (χ4n) is 5.67. The summed E-state index contributed by atoms with van der Waals surface area (Å²) in [6.45, 7) is 19.1. The van der Waals surface area contributed by atoms with Crippen LogP contribution in [0.3, 0.4) is 0 Å². The predicted octanol–water partition coefficient (Wildman–Crippen LogP) is 9.45. The van der Waals surface area contributed by atoms with Gasteiger partial charge in [-0.15, -0.1) is 0 Å². The summed E-state index contributed by atoms with van der Waals surface area (Å²) in [5.74, 6) is 2.08. The Labute approximate surface area is 295 Å². The molecule has 0 bridgehead atoms. The highest BCUT2D eigenvalue weighted by Gasteiger charge is 2.36. The van der Waals surface area contributed by atoms with E-state index in [1.165, 1.54) is 5.56 Å². The van der Waals surface area contributed by atoms with Crippen molar-refractivity contribution in [3.63, 3.8) is 0 Å². The number of benzene rings is 2. The van der Waals surface area contributed by atoms with Gasteiger partial charge in [0.2, 0.25) is 11.8 Å². The first-order valence-electron chi connectivity index (χ1n) is 17.3. The number of rotatable bonds is 13. The van der Waals surface area contributed by atoms with Crippen LogP contribution in [0.2, 0.25) is 18.1 Å². The number of methoxy groups -OCH3 is 3. The number of pyridine rings is 1. The number of aromatic nitrogens is 1. The van der Waals surface area contributed by atoms with Crippen LogP contribution in [-0.4, -0.2) is 58.1 Å². The fraction of sp³-hybridized carbons (Fsp3) is 0.463. The summed E-state index contributed by atoms with van der Waals surface area (Å²) >= 11 is 0. The van der Waals surface area contributed by atoms with Crippen molar-refractivity contribution < 1.29 is 23.4 Å². The molecular formula is C41H56N2O5Si. The average Bonchev–Trinajstić information content (AvgIpc) is 3.40. The van der Waals surface area contributed by atoms with Gasteiger partial charge in [0, 0.05) is 42.3 Å². The molecular weight excluding hydrogens is 629 g/mol. The summed E-state index contributed by atoms with van der Waals surface area (Å²) in [5, 5.41) is 0.184. The van der Waals surface area contributed by atoms with Gasteiger partial charge in [-0.25, -0.2) is 4.98 Å². The van der Waals surface area contributed by atoms with Crippen LogP contribution in [0.25, 0.3) is 11.6 Å². The standard InChI is InChI=1S/C41H56N2O5Si/c1-40(2,3)32-19-15-29(16-20-32)35(26-33-21-24-38(44)43(33)28-31-17-22-34(45-7)27-37(31)46-8)36-23-18-30(39(42-36)47-9)14-12-13-25-48-49(10,11)41(4,5)6/h12,14-20,22-23,26-27,33H,13,21,24-25,28H2,1-11H3/b14-12+,35-26+/t33-/m1/s1. The number of nitrogens with zero attached hydrogens (tertiary/aromatic N) is 2. The molecule has 1 aliphatic rings. The topological polar surface area (TPSA) is 70.1 Å². The van der Waals surface area contributed by atoms with E-state index in [1.54, 1.807) is 21.3 Å². The molecule has 1 saturated heterocycles. The van der Waals surface area contributed by atoms with Crippen molar-refractivity contribution in [3.05, 3.63) is 94.7 Å². The molecule has 0 radical (unpaired) electrons. The second-order valence-electron chi connectivity index (χ2n) is 15.3. The molecule has 1 amide bonds. The molecule has 1 atom stereocenters. The van der Waals surface area contributed by atoms with Gasteiger partial charge in [0.25, 0.3) is 0 Å². The Hall–Kier alpha value is -3.88. The molecule has 0 aliphatic carbocycles. The molecule has 1 aliphatic heterocycles. The molecule has 0 N–H and O–H groups in total. The third-order valence-electron chi connectivity index (χ3n) is 9.84. The summed E-state index contributed by atoms with van der Waals surface area (Å²) in [5.41, 5.74) is 5.91. The quantitative estimate of drug-likeness (QED) is 0.132. The molecule has 1 aromatic heterocycles. The number of ether oxygens (including phenoxy) is 3. The highest BCUT2D eigenvalue weighted by molar-refractivity contribution is 6.74. The number of carbonyl (C=O) groups excluding carboxylic acids is 1. The van der Waals surface area contributed by atoms with Crippen LogP contribution >= 0.6 is 0 Å². The molecule has 264 valence electrons. The molecule has 7 nitrogen and oxygen atoms in total. The summed E-state index contributed by atoms with van der Waals surface area (Å²) in [4.78, 5) is 20.3. The van der Waals surface area contributed by atoms with Crippen LogP contribution in [0, 0.1) is 0 Å². The first-order valence-corrected chi connectivity index (χ1v) is 20.2. The molecule has 0 spiro atoms. The van der Waals surface area contributed by atoms with Crippen molar-refractivity contribution >= 4 is 25.9 Å². The van der Waals surface area contributed by atoms with E-state index in [0.29, 0.717) is 37.0 Å². The summed E-state index contributed by atoms with van der Waals surface area (Å²) in [6.07, 6.45) is 8.40. The molecule has 0 saturated carbocycles. The van der Waals surface area contributed by atoms with Crippen molar-refractivity contribution in [3.8, 4) is 17.4 Å². The zero-order valence-electron chi connectivity index (χ0n) is 31.5. The van der Waals surface area contributed by atoms with Crippen molar-refractivity contribution in [2.75, 3.05) is 27.9 Å². The second kappa shape index (κ2) is 15.8. The van der Waals surface area contributed by atoms with E-state index in [0.717, 1.165) is 40.8 Å². The smallest absolute Gasteiger partial charge is 0.223 e. The highest BCUT2D eigenvalue weighted by Crippen LogP contribution is 2.37. The molecule has 0 unspecified atom stereocenters. The van der Waals surface area contributed by atoms with Crippen molar-refractivity contribution in [1.82, 2.24) is 9.88 Å². The van der Waals surface area contributed by atoms with Crippen molar-refractivity contribution in [1.29, 1.82) is 0 Å². The van der Waals surface area contributed by atoms with Crippen LogP contribution in [0.4, 0.5) is 0 Å². The number of carbonyl (C=O) groups is 1. The van der Waals surface area contributed by atoms with Crippen LogP contribution < -0.4 is 14.2 Å². The third kappa shape index (κ3) is 9.43. The third-order valence-corrected chi connectivity index (χ3v) is 14.4. The summed E-state index contributed by atoms with van der Waals surface area (Å²) < 4.78 is 23.2. The lowest BCUT2D eigenvalue weighted by atomic mass is 9.86. The van der Waals surface area contributed by atoms with E-state index in [2.05, 4.69) is 103 Å². The van der Waals surface area contributed by atoms with Gasteiger partial charge < -0.3 is 23.5 Å². The van der Waals surface area contributed by atoms with Crippen molar-refractivity contribution in [2.45, 2.75) is 96.9 Å². The Bertz CT molecular complexity index is 1650. The Morgan fingerprint density at radius 1 is 0.939 bits per heavy atom. The van der Waals surface area contributed by atoms with E-state index >= 15 is 0 Å². The van der Waals surface area contributed by atoms with E-state index in [9.17, 15) is 4.79 Å². The molecule has 8 heteroatoms. The predicted molar refractivity (Wildman–Crippen MR) is 203 cm³/mol. The first-order chi connectivity index (χ1) is 23.1.